The molecule has 0 aromatic carbocycles. The van der Waals surface area contributed by atoms with Gasteiger partial charge in [-0.2, -0.15) is 0 Å². The number of hydrogen-bond donors (Lipinski definition) is 3. The molecule has 1 aliphatic carbocycles. The standard InChI is InChI=1S/C8H14N2O2/c11-7(12)6-1-2-8(5-6)3-4-9-10-8/h6,9-10H,1-5H2,(H,11,12). The van der Waals surface area contributed by atoms with Crippen LogP contribution in [0.25, 0.3) is 0 Å². The fraction of sp³-hybridized carbons (Fsp3) is 0.875. The van der Waals surface area contributed by atoms with Gasteiger partial charge in [-0.3, -0.25) is 15.6 Å². The largest absolute Gasteiger partial charge is 0.481 e. The van der Waals surface area contributed by atoms with Crippen molar-refractivity contribution < 1.29 is 9.90 Å². The van der Waals surface area contributed by atoms with Gasteiger partial charge in [0.15, 0.2) is 0 Å². The van der Waals surface area contributed by atoms with Crippen molar-refractivity contribution in [2.24, 2.45) is 5.92 Å². The van der Waals surface area contributed by atoms with Crippen molar-refractivity contribution in [1.29, 1.82) is 0 Å². The summed E-state index contributed by atoms with van der Waals surface area (Å²) in [6, 6.07) is 0. The van der Waals surface area contributed by atoms with Crippen LogP contribution in [0, 0.1) is 5.92 Å². The van der Waals surface area contributed by atoms with E-state index >= 15 is 0 Å². The molecular weight excluding hydrogens is 156 g/mol. The average Bonchev–Trinajstić information content (AvgIpc) is 2.62. The van der Waals surface area contributed by atoms with Crippen LogP contribution in [0.4, 0.5) is 0 Å². The lowest BCUT2D eigenvalue weighted by atomic mass is 9.94. The van der Waals surface area contributed by atoms with Gasteiger partial charge in [-0.15, -0.1) is 0 Å². The van der Waals surface area contributed by atoms with Gasteiger partial charge in [0.2, 0.25) is 0 Å². The first-order chi connectivity index (χ1) is 5.72. The highest BCUT2D eigenvalue weighted by atomic mass is 16.4. The number of carboxylic acids is 1. The zero-order chi connectivity index (χ0) is 8.60. The highest BCUT2D eigenvalue weighted by Crippen LogP contribution is 2.37. The Bertz CT molecular complexity index is 199. The molecule has 4 heteroatoms. The first kappa shape index (κ1) is 8.01. The number of aliphatic carboxylic acids is 1. The molecule has 1 saturated carbocycles. The van der Waals surface area contributed by atoms with Gasteiger partial charge in [0.1, 0.15) is 0 Å². The zero-order valence-corrected chi connectivity index (χ0v) is 6.97. The van der Waals surface area contributed by atoms with Gasteiger partial charge < -0.3 is 5.11 Å². The third kappa shape index (κ3) is 1.21. The van der Waals surface area contributed by atoms with Crippen molar-refractivity contribution in [2.45, 2.75) is 31.2 Å². The number of hydrazine groups is 1. The van der Waals surface area contributed by atoms with Crippen molar-refractivity contribution in [3.05, 3.63) is 0 Å². The molecule has 12 heavy (non-hydrogen) atoms. The third-order valence-electron chi connectivity index (χ3n) is 3.04. The van der Waals surface area contributed by atoms with Gasteiger partial charge in [-0.25, -0.2) is 0 Å². The van der Waals surface area contributed by atoms with Crippen molar-refractivity contribution >= 4 is 5.97 Å². The maximum atomic E-state index is 10.7. The van der Waals surface area contributed by atoms with Crippen molar-refractivity contribution in [1.82, 2.24) is 10.9 Å². The smallest absolute Gasteiger partial charge is 0.306 e. The van der Waals surface area contributed by atoms with E-state index in [0.29, 0.717) is 0 Å². The van der Waals surface area contributed by atoms with E-state index in [1.807, 2.05) is 0 Å². The summed E-state index contributed by atoms with van der Waals surface area (Å²) in [6.07, 6.45) is 3.67. The number of hydrogen-bond acceptors (Lipinski definition) is 3. The van der Waals surface area contributed by atoms with E-state index in [9.17, 15) is 4.79 Å². The molecule has 4 nitrogen and oxygen atoms in total. The summed E-state index contributed by atoms with van der Waals surface area (Å²) < 4.78 is 0. The lowest BCUT2D eigenvalue weighted by Gasteiger charge is -2.21. The molecular formula is C8H14N2O2. The van der Waals surface area contributed by atoms with E-state index in [4.69, 9.17) is 5.11 Å². The average molecular weight is 170 g/mol. The Balaban J connectivity index is 2.01. The number of carboxylic acid groups (broad SMARTS) is 1. The molecule has 0 amide bonds. The van der Waals surface area contributed by atoms with Gasteiger partial charge >= 0.3 is 5.97 Å². The minimum absolute atomic E-state index is 0.100. The quantitative estimate of drug-likeness (QED) is 0.522. The fourth-order valence-electron chi connectivity index (χ4n) is 2.29. The number of rotatable bonds is 1. The molecule has 0 aromatic rings. The van der Waals surface area contributed by atoms with Crippen LogP contribution >= 0.6 is 0 Å². The maximum Gasteiger partial charge on any atom is 0.306 e. The Morgan fingerprint density at radius 1 is 1.50 bits per heavy atom. The van der Waals surface area contributed by atoms with Crippen LogP contribution in [0.15, 0.2) is 0 Å². The highest BCUT2D eigenvalue weighted by Gasteiger charge is 2.43. The van der Waals surface area contributed by atoms with E-state index < -0.39 is 5.97 Å². The van der Waals surface area contributed by atoms with Crippen LogP contribution in [0.3, 0.4) is 0 Å². The molecule has 1 spiro atoms. The van der Waals surface area contributed by atoms with Crippen LogP contribution < -0.4 is 10.9 Å². The molecule has 0 aromatic heterocycles. The minimum Gasteiger partial charge on any atom is -0.481 e. The minimum atomic E-state index is -0.638. The van der Waals surface area contributed by atoms with Crippen molar-refractivity contribution in [2.75, 3.05) is 6.54 Å². The first-order valence-electron chi connectivity index (χ1n) is 4.45. The van der Waals surface area contributed by atoms with E-state index in [-0.39, 0.29) is 11.5 Å². The van der Waals surface area contributed by atoms with Crippen LogP contribution in [0.5, 0.6) is 0 Å². The molecule has 3 N–H and O–H groups in total. The molecule has 1 heterocycles. The highest BCUT2D eigenvalue weighted by molar-refractivity contribution is 5.70. The molecule has 68 valence electrons. The zero-order valence-electron chi connectivity index (χ0n) is 6.97. The first-order valence-corrected chi connectivity index (χ1v) is 4.45. The predicted molar refractivity (Wildman–Crippen MR) is 43.5 cm³/mol. The Kier molecular flexibility index (Phi) is 1.81. The summed E-state index contributed by atoms with van der Waals surface area (Å²) in [5.74, 6) is -0.766. The van der Waals surface area contributed by atoms with Crippen molar-refractivity contribution in [3.8, 4) is 0 Å². The molecule has 2 aliphatic rings. The molecule has 2 fully saturated rings. The van der Waals surface area contributed by atoms with E-state index in [2.05, 4.69) is 10.9 Å². The van der Waals surface area contributed by atoms with Crippen LogP contribution in [0.2, 0.25) is 0 Å². The lowest BCUT2D eigenvalue weighted by Crippen LogP contribution is -2.41. The molecule has 2 atom stereocenters. The van der Waals surface area contributed by atoms with Gasteiger partial charge in [-0.05, 0) is 25.7 Å². The Morgan fingerprint density at radius 3 is 2.83 bits per heavy atom. The van der Waals surface area contributed by atoms with Gasteiger partial charge in [0.25, 0.3) is 0 Å². The Morgan fingerprint density at radius 2 is 2.33 bits per heavy atom. The van der Waals surface area contributed by atoms with Gasteiger partial charge in [-0.1, -0.05) is 0 Å². The molecule has 2 rings (SSSR count). The van der Waals surface area contributed by atoms with Crippen LogP contribution in [-0.4, -0.2) is 23.2 Å². The molecule has 0 bridgehead atoms. The van der Waals surface area contributed by atoms with Crippen LogP contribution in [0.1, 0.15) is 25.7 Å². The number of nitrogens with one attached hydrogen (secondary N) is 2. The molecule has 1 saturated heterocycles. The monoisotopic (exact) mass is 170 g/mol. The Hall–Kier alpha value is -0.610. The summed E-state index contributed by atoms with van der Waals surface area (Å²) >= 11 is 0. The lowest BCUT2D eigenvalue weighted by molar-refractivity contribution is -0.141. The summed E-state index contributed by atoms with van der Waals surface area (Å²) in [6.45, 7) is 0.965. The van der Waals surface area contributed by atoms with E-state index in [0.717, 1.165) is 32.2 Å². The summed E-state index contributed by atoms with van der Waals surface area (Å²) in [5, 5.41) is 8.81. The van der Waals surface area contributed by atoms with Gasteiger partial charge in [0, 0.05) is 12.1 Å². The number of carbonyl (C=O) groups is 1. The fourth-order valence-corrected chi connectivity index (χ4v) is 2.29. The molecule has 0 radical (unpaired) electrons. The second kappa shape index (κ2) is 2.71. The van der Waals surface area contributed by atoms with E-state index in [1.54, 1.807) is 0 Å². The summed E-state index contributed by atoms with van der Waals surface area (Å²) in [4.78, 5) is 10.7. The van der Waals surface area contributed by atoms with E-state index in [1.165, 1.54) is 0 Å². The predicted octanol–water partition coefficient (Wildman–Crippen LogP) is 0.108. The summed E-state index contributed by atoms with van der Waals surface area (Å²) in [7, 11) is 0. The second-order valence-electron chi connectivity index (χ2n) is 3.86. The van der Waals surface area contributed by atoms with Gasteiger partial charge in [0.05, 0.1) is 5.92 Å². The topological polar surface area (TPSA) is 61.4 Å². The Labute approximate surface area is 71.3 Å². The normalized spacial score (nSPS) is 40.8. The van der Waals surface area contributed by atoms with Crippen LogP contribution in [-0.2, 0) is 4.79 Å². The third-order valence-corrected chi connectivity index (χ3v) is 3.04. The second-order valence-corrected chi connectivity index (χ2v) is 3.86. The SMILES string of the molecule is O=C(O)C1CCC2(CCNN2)C1. The summed E-state index contributed by atoms with van der Waals surface area (Å²) in [5.41, 5.74) is 6.38. The molecule has 2 unspecified atom stereocenters. The molecule has 1 aliphatic heterocycles. The van der Waals surface area contributed by atoms with Crippen molar-refractivity contribution in [3.63, 3.8) is 0 Å². The maximum absolute atomic E-state index is 10.7.